The number of likely N-dealkylation sites (tertiary alicyclic amines) is 1. The third kappa shape index (κ3) is 6.56. The maximum Gasteiger partial charge on any atom is 0.256 e. The van der Waals surface area contributed by atoms with Gasteiger partial charge < -0.3 is 14.2 Å². The first kappa shape index (κ1) is 27.1. The highest BCUT2D eigenvalue weighted by Gasteiger charge is 2.43. The van der Waals surface area contributed by atoms with E-state index in [-0.39, 0.29) is 11.4 Å². The van der Waals surface area contributed by atoms with Crippen molar-refractivity contribution in [2.75, 3.05) is 26.7 Å². The molecule has 0 spiro atoms. The number of hydrogen-bond donors (Lipinski definition) is 0. The van der Waals surface area contributed by atoms with Crippen molar-refractivity contribution < 1.29 is 4.79 Å². The molecule has 1 amide bonds. The van der Waals surface area contributed by atoms with Gasteiger partial charge in [0.1, 0.15) is 5.65 Å². The van der Waals surface area contributed by atoms with Crippen LogP contribution in [0.25, 0.3) is 5.65 Å². The first-order valence-corrected chi connectivity index (χ1v) is 11.4. The summed E-state index contributed by atoms with van der Waals surface area (Å²) in [6.07, 6.45) is 7.67. The van der Waals surface area contributed by atoms with E-state index in [4.69, 9.17) is 0 Å². The lowest BCUT2D eigenvalue weighted by Crippen LogP contribution is -2.61. The number of rotatable bonds is 5. The Balaban J connectivity index is 0.00000120. The third-order valence-corrected chi connectivity index (χ3v) is 5.31. The quantitative estimate of drug-likeness (QED) is 0.645. The summed E-state index contributed by atoms with van der Waals surface area (Å²) in [5.74, 6) is 0.144. The number of nitrogens with zero attached hydrogens (tertiary/aromatic N) is 4. The van der Waals surface area contributed by atoms with Crippen LogP contribution in [-0.4, -0.2) is 57.3 Å². The van der Waals surface area contributed by atoms with Crippen molar-refractivity contribution >= 4 is 11.6 Å². The lowest BCUT2D eigenvalue weighted by atomic mass is 9.82. The molecule has 166 valence electrons. The highest BCUT2D eigenvalue weighted by molar-refractivity contribution is 5.96. The van der Waals surface area contributed by atoms with Gasteiger partial charge in [0.2, 0.25) is 0 Å². The van der Waals surface area contributed by atoms with Crippen LogP contribution in [0.5, 0.6) is 0 Å². The van der Waals surface area contributed by atoms with Crippen LogP contribution >= 0.6 is 0 Å². The summed E-state index contributed by atoms with van der Waals surface area (Å²) >= 11 is 0. The minimum atomic E-state index is -0.0170. The molecular formula is C24H44N4O. The third-order valence-electron chi connectivity index (χ3n) is 5.31. The Hall–Kier alpha value is -1.88. The Labute approximate surface area is 179 Å². The van der Waals surface area contributed by atoms with Crippen LogP contribution in [-0.2, 0) is 0 Å². The lowest BCUT2D eigenvalue weighted by molar-refractivity contribution is -0.00108. The number of fused-ring (bicyclic) bond motifs is 1. The SMILES string of the molecule is CC.CC.CC.CCN(C)CCC1(C)CCN1C(=O)c1cn2ccnc2cc1C. The van der Waals surface area contributed by atoms with Crippen LogP contribution < -0.4 is 0 Å². The number of imidazole rings is 1. The summed E-state index contributed by atoms with van der Waals surface area (Å²) < 4.78 is 1.92. The molecule has 5 heteroatoms. The van der Waals surface area contributed by atoms with Crippen LogP contribution in [0, 0.1) is 6.92 Å². The molecule has 1 aliphatic heterocycles. The Morgan fingerprint density at radius 1 is 1.21 bits per heavy atom. The van der Waals surface area contributed by atoms with E-state index in [9.17, 15) is 4.79 Å². The highest BCUT2D eigenvalue weighted by atomic mass is 16.2. The normalized spacial score (nSPS) is 17.3. The van der Waals surface area contributed by atoms with Crippen molar-refractivity contribution in [3.63, 3.8) is 0 Å². The monoisotopic (exact) mass is 404 g/mol. The molecule has 29 heavy (non-hydrogen) atoms. The van der Waals surface area contributed by atoms with Gasteiger partial charge in [0.25, 0.3) is 5.91 Å². The zero-order chi connectivity index (χ0) is 22.6. The number of aryl methyl sites for hydroxylation is 1. The molecule has 3 heterocycles. The van der Waals surface area contributed by atoms with Gasteiger partial charge in [-0.3, -0.25) is 4.79 Å². The molecule has 0 saturated carbocycles. The summed E-state index contributed by atoms with van der Waals surface area (Å²) in [5, 5.41) is 0. The van der Waals surface area contributed by atoms with Crippen molar-refractivity contribution in [2.24, 2.45) is 0 Å². The van der Waals surface area contributed by atoms with Crippen molar-refractivity contribution in [2.45, 2.75) is 80.7 Å². The fourth-order valence-electron chi connectivity index (χ4n) is 3.23. The van der Waals surface area contributed by atoms with Gasteiger partial charge in [0, 0.05) is 37.2 Å². The number of carbonyl (C=O) groups excluding carboxylic acids is 1. The van der Waals surface area contributed by atoms with E-state index in [2.05, 4.69) is 30.8 Å². The molecule has 1 saturated heterocycles. The maximum atomic E-state index is 13.0. The fraction of sp³-hybridized carbons (Fsp3) is 0.667. The predicted octanol–water partition coefficient (Wildman–Crippen LogP) is 5.67. The van der Waals surface area contributed by atoms with E-state index in [0.29, 0.717) is 0 Å². The first-order valence-electron chi connectivity index (χ1n) is 11.4. The Kier molecular flexibility index (Phi) is 12.5. The lowest BCUT2D eigenvalue weighted by Gasteiger charge is -2.51. The number of amides is 1. The zero-order valence-electron chi connectivity index (χ0n) is 20.5. The summed E-state index contributed by atoms with van der Waals surface area (Å²) in [5.41, 5.74) is 2.64. The van der Waals surface area contributed by atoms with Gasteiger partial charge in [0.15, 0.2) is 0 Å². The molecule has 1 unspecified atom stereocenters. The largest absolute Gasteiger partial charge is 0.333 e. The molecule has 3 rings (SSSR count). The maximum absolute atomic E-state index is 13.0. The van der Waals surface area contributed by atoms with Crippen LogP contribution in [0.3, 0.4) is 0 Å². The van der Waals surface area contributed by atoms with E-state index in [0.717, 1.165) is 49.2 Å². The van der Waals surface area contributed by atoms with Gasteiger partial charge >= 0.3 is 0 Å². The molecule has 2 aromatic heterocycles. The second-order valence-corrected chi connectivity index (χ2v) is 6.91. The van der Waals surface area contributed by atoms with E-state index in [1.165, 1.54) is 0 Å². The summed E-state index contributed by atoms with van der Waals surface area (Å²) in [6, 6.07) is 1.98. The smallest absolute Gasteiger partial charge is 0.256 e. The molecule has 1 fully saturated rings. The van der Waals surface area contributed by atoms with Crippen LogP contribution in [0.1, 0.15) is 84.2 Å². The Morgan fingerprint density at radius 3 is 2.34 bits per heavy atom. The summed E-state index contributed by atoms with van der Waals surface area (Å²) in [6.45, 7) is 21.3. The number of aromatic nitrogens is 2. The molecule has 0 N–H and O–H groups in total. The van der Waals surface area contributed by atoms with Gasteiger partial charge in [0.05, 0.1) is 5.56 Å². The van der Waals surface area contributed by atoms with Crippen molar-refractivity contribution in [1.82, 2.24) is 19.2 Å². The molecule has 1 atom stereocenters. The van der Waals surface area contributed by atoms with Gasteiger partial charge in [-0.15, -0.1) is 0 Å². The summed E-state index contributed by atoms with van der Waals surface area (Å²) in [7, 11) is 2.13. The molecule has 0 aromatic carbocycles. The second-order valence-electron chi connectivity index (χ2n) is 6.91. The summed E-state index contributed by atoms with van der Waals surface area (Å²) in [4.78, 5) is 21.6. The van der Waals surface area contributed by atoms with Crippen molar-refractivity contribution in [3.8, 4) is 0 Å². The van der Waals surface area contributed by atoms with Gasteiger partial charge in [-0.1, -0.05) is 48.5 Å². The zero-order valence-corrected chi connectivity index (χ0v) is 20.5. The van der Waals surface area contributed by atoms with Gasteiger partial charge in [-0.25, -0.2) is 4.98 Å². The predicted molar refractivity (Wildman–Crippen MR) is 126 cm³/mol. The molecule has 0 aliphatic carbocycles. The number of carbonyl (C=O) groups is 1. The standard InChI is InChI=1S/C18H26N4O.3C2H6/c1-5-20(4)9-6-18(3)7-10-22(18)17(23)15-13-21-11-8-19-16(21)12-14(15)2;3*1-2/h8,11-13H,5-7,9-10H2,1-4H3;3*1-2H3. The molecule has 2 aromatic rings. The highest BCUT2D eigenvalue weighted by Crippen LogP contribution is 2.35. The van der Waals surface area contributed by atoms with Crippen LogP contribution in [0.2, 0.25) is 0 Å². The Morgan fingerprint density at radius 2 is 1.83 bits per heavy atom. The Bertz CT molecular complexity index is 725. The van der Waals surface area contributed by atoms with Crippen LogP contribution in [0.4, 0.5) is 0 Å². The van der Waals surface area contributed by atoms with Crippen molar-refractivity contribution in [3.05, 3.63) is 35.8 Å². The van der Waals surface area contributed by atoms with Crippen molar-refractivity contribution in [1.29, 1.82) is 0 Å². The number of pyridine rings is 1. The van der Waals surface area contributed by atoms with E-state index < -0.39 is 0 Å². The minimum absolute atomic E-state index is 0.0170. The van der Waals surface area contributed by atoms with E-state index in [1.807, 2.05) is 76.2 Å². The second kappa shape index (κ2) is 13.4. The average molecular weight is 405 g/mol. The molecular weight excluding hydrogens is 360 g/mol. The molecule has 5 nitrogen and oxygen atoms in total. The average Bonchev–Trinajstić information content (AvgIpc) is 3.21. The number of hydrogen-bond acceptors (Lipinski definition) is 3. The van der Waals surface area contributed by atoms with E-state index >= 15 is 0 Å². The molecule has 0 bridgehead atoms. The first-order chi connectivity index (χ1) is 13.9. The van der Waals surface area contributed by atoms with E-state index in [1.54, 1.807) is 6.20 Å². The van der Waals surface area contributed by atoms with Crippen LogP contribution in [0.15, 0.2) is 24.7 Å². The fourth-order valence-corrected chi connectivity index (χ4v) is 3.23. The van der Waals surface area contributed by atoms with Gasteiger partial charge in [-0.05, 0) is 51.9 Å². The minimum Gasteiger partial charge on any atom is -0.333 e. The molecule has 1 aliphatic rings. The topological polar surface area (TPSA) is 40.9 Å². The molecule has 0 radical (unpaired) electrons. The van der Waals surface area contributed by atoms with Gasteiger partial charge in [-0.2, -0.15) is 0 Å².